The van der Waals surface area contributed by atoms with Crippen molar-refractivity contribution in [2.75, 3.05) is 5.43 Å². The summed E-state index contributed by atoms with van der Waals surface area (Å²) in [7, 11) is 0. The monoisotopic (exact) mass is 293 g/mol. The van der Waals surface area contributed by atoms with Crippen molar-refractivity contribution in [3.05, 3.63) is 64.1 Å². The third kappa shape index (κ3) is 2.71. The van der Waals surface area contributed by atoms with Crippen molar-refractivity contribution in [3.63, 3.8) is 0 Å². The average molecular weight is 293 g/mol. The van der Waals surface area contributed by atoms with E-state index in [1.807, 2.05) is 31.2 Å². The first-order chi connectivity index (χ1) is 10.6. The van der Waals surface area contributed by atoms with Crippen molar-refractivity contribution in [3.8, 4) is 0 Å². The second-order valence-corrected chi connectivity index (χ2v) is 4.92. The second kappa shape index (κ2) is 5.77. The van der Waals surface area contributed by atoms with Gasteiger partial charge in [0, 0.05) is 5.56 Å². The Hall–Kier alpha value is -3.02. The van der Waals surface area contributed by atoms with Gasteiger partial charge in [0.2, 0.25) is 5.95 Å². The molecule has 0 saturated carbocycles. The minimum Gasteiger partial charge on any atom is -0.288 e. The zero-order valence-electron chi connectivity index (χ0n) is 12.3. The number of nitrogens with one attached hydrogen (secondary N) is 2. The number of fused-ring (bicyclic) bond motifs is 1. The minimum atomic E-state index is -0.282. The van der Waals surface area contributed by atoms with Gasteiger partial charge in [-0.3, -0.25) is 9.78 Å². The molecule has 0 bridgehead atoms. The normalized spacial score (nSPS) is 11.6. The number of hydrogen-bond donors (Lipinski definition) is 2. The third-order valence-electron chi connectivity index (χ3n) is 3.37. The van der Waals surface area contributed by atoms with Gasteiger partial charge < -0.3 is 0 Å². The topological polar surface area (TPSA) is 83.0 Å². The van der Waals surface area contributed by atoms with Gasteiger partial charge in [-0.25, -0.2) is 5.43 Å². The average Bonchev–Trinajstić information content (AvgIpc) is 2.55. The van der Waals surface area contributed by atoms with Crippen LogP contribution in [0.1, 0.15) is 18.2 Å². The molecule has 22 heavy (non-hydrogen) atoms. The van der Waals surface area contributed by atoms with Crippen LogP contribution in [0.25, 0.3) is 10.8 Å². The minimum absolute atomic E-state index is 0.218. The van der Waals surface area contributed by atoms with Crippen molar-refractivity contribution >= 4 is 22.4 Å². The number of hydrogen-bond acceptors (Lipinski definition) is 5. The molecular formula is C16H15N5O. The molecule has 6 heteroatoms. The Bertz CT molecular complexity index is 908. The Morgan fingerprint density at radius 2 is 1.91 bits per heavy atom. The van der Waals surface area contributed by atoms with E-state index in [2.05, 4.69) is 43.9 Å². The van der Waals surface area contributed by atoms with Crippen LogP contribution in [0, 0.1) is 6.92 Å². The molecule has 0 aliphatic rings. The summed E-state index contributed by atoms with van der Waals surface area (Å²) in [6.45, 7) is 3.49. The maximum absolute atomic E-state index is 11.5. The van der Waals surface area contributed by atoms with E-state index in [0.29, 0.717) is 5.69 Å². The fourth-order valence-electron chi connectivity index (χ4n) is 2.18. The number of aromatic nitrogens is 3. The summed E-state index contributed by atoms with van der Waals surface area (Å²) >= 11 is 0. The number of nitrogens with zero attached hydrogens (tertiary/aromatic N) is 3. The quantitative estimate of drug-likeness (QED) is 0.574. The molecule has 0 spiro atoms. The summed E-state index contributed by atoms with van der Waals surface area (Å²) < 4.78 is 0. The fourth-order valence-corrected chi connectivity index (χ4v) is 2.18. The van der Waals surface area contributed by atoms with E-state index in [9.17, 15) is 4.79 Å². The predicted octanol–water partition coefficient (Wildman–Crippen LogP) is 2.46. The number of aromatic amines is 1. The molecule has 0 atom stereocenters. The molecule has 3 rings (SSSR count). The molecule has 2 N–H and O–H groups in total. The molecule has 0 aliphatic carbocycles. The number of aryl methyl sites for hydroxylation is 1. The van der Waals surface area contributed by atoms with Gasteiger partial charge in [0.15, 0.2) is 0 Å². The third-order valence-corrected chi connectivity index (χ3v) is 3.37. The zero-order valence-corrected chi connectivity index (χ0v) is 12.3. The molecule has 2 aromatic carbocycles. The number of rotatable bonds is 3. The van der Waals surface area contributed by atoms with Crippen molar-refractivity contribution in [2.45, 2.75) is 13.8 Å². The van der Waals surface area contributed by atoms with Crippen LogP contribution in [0.15, 0.2) is 52.4 Å². The number of benzene rings is 2. The predicted molar refractivity (Wildman–Crippen MR) is 87.2 cm³/mol. The van der Waals surface area contributed by atoms with Gasteiger partial charge in [-0.1, -0.05) is 42.5 Å². The number of H-pyrrole nitrogens is 1. The largest absolute Gasteiger partial charge is 0.288 e. The van der Waals surface area contributed by atoms with E-state index in [4.69, 9.17) is 0 Å². The van der Waals surface area contributed by atoms with Crippen LogP contribution in [0.2, 0.25) is 0 Å². The Morgan fingerprint density at radius 1 is 1.14 bits per heavy atom. The van der Waals surface area contributed by atoms with E-state index in [1.54, 1.807) is 6.92 Å². The number of anilines is 1. The highest BCUT2D eigenvalue weighted by Gasteiger charge is 2.04. The lowest BCUT2D eigenvalue weighted by Crippen LogP contribution is -2.16. The van der Waals surface area contributed by atoms with Crippen LogP contribution in [0.4, 0.5) is 5.95 Å². The molecule has 0 amide bonds. The molecule has 1 aromatic heterocycles. The van der Waals surface area contributed by atoms with Gasteiger partial charge in [-0.2, -0.15) is 5.10 Å². The maximum atomic E-state index is 11.5. The Labute approximate surface area is 126 Å². The Morgan fingerprint density at radius 3 is 2.73 bits per heavy atom. The van der Waals surface area contributed by atoms with Crippen LogP contribution in [-0.2, 0) is 0 Å². The summed E-state index contributed by atoms with van der Waals surface area (Å²) in [4.78, 5) is 14.1. The molecule has 1 heterocycles. The van der Waals surface area contributed by atoms with Crippen LogP contribution >= 0.6 is 0 Å². The molecule has 0 radical (unpaired) electrons. The number of hydrazone groups is 1. The van der Waals surface area contributed by atoms with E-state index in [0.717, 1.165) is 22.0 Å². The summed E-state index contributed by atoms with van der Waals surface area (Å²) in [6, 6.07) is 14.2. The summed E-state index contributed by atoms with van der Waals surface area (Å²) in [6.07, 6.45) is 0. The molecular weight excluding hydrogens is 278 g/mol. The smallest absolute Gasteiger partial charge is 0.274 e. The van der Waals surface area contributed by atoms with Crippen molar-refractivity contribution < 1.29 is 0 Å². The molecule has 0 saturated heterocycles. The summed E-state index contributed by atoms with van der Waals surface area (Å²) in [5.74, 6) is 0.218. The van der Waals surface area contributed by atoms with Gasteiger partial charge in [-0.15, -0.1) is 10.2 Å². The molecule has 3 aromatic rings. The lowest BCUT2D eigenvalue weighted by molar-refractivity contribution is 0.897. The van der Waals surface area contributed by atoms with Crippen LogP contribution in [0.3, 0.4) is 0 Å². The first-order valence-electron chi connectivity index (χ1n) is 6.87. The van der Waals surface area contributed by atoms with Crippen LogP contribution in [-0.4, -0.2) is 20.9 Å². The van der Waals surface area contributed by atoms with Gasteiger partial charge >= 0.3 is 0 Å². The first-order valence-corrected chi connectivity index (χ1v) is 6.87. The highest BCUT2D eigenvalue weighted by molar-refractivity contribution is 6.09. The van der Waals surface area contributed by atoms with Gasteiger partial charge in [-0.05, 0) is 24.6 Å². The van der Waals surface area contributed by atoms with Gasteiger partial charge in [0.05, 0.1) is 5.71 Å². The van der Waals surface area contributed by atoms with Crippen molar-refractivity contribution in [1.29, 1.82) is 0 Å². The standard InChI is InChI=1S/C16H15N5O/c1-10(18-20-16-17-15(22)11(2)19-21-16)13-9-5-7-12-6-3-4-8-14(12)13/h3-9H,1-2H3,(H2,17,20,21,22)/b18-10+. The molecule has 6 nitrogen and oxygen atoms in total. The van der Waals surface area contributed by atoms with E-state index < -0.39 is 0 Å². The van der Waals surface area contributed by atoms with Crippen molar-refractivity contribution in [2.24, 2.45) is 5.10 Å². The van der Waals surface area contributed by atoms with Crippen molar-refractivity contribution in [1.82, 2.24) is 15.2 Å². The highest BCUT2D eigenvalue weighted by atomic mass is 16.1. The zero-order chi connectivity index (χ0) is 15.5. The molecule has 110 valence electrons. The molecule has 0 unspecified atom stereocenters. The van der Waals surface area contributed by atoms with Crippen LogP contribution in [0.5, 0.6) is 0 Å². The van der Waals surface area contributed by atoms with Gasteiger partial charge in [0.25, 0.3) is 5.56 Å². The second-order valence-electron chi connectivity index (χ2n) is 4.92. The Kier molecular flexibility index (Phi) is 3.65. The van der Waals surface area contributed by atoms with E-state index in [-0.39, 0.29) is 11.5 Å². The first kappa shape index (κ1) is 13.9. The Balaban J connectivity index is 1.93. The maximum Gasteiger partial charge on any atom is 0.274 e. The highest BCUT2D eigenvalue weighted by Crippen LogP contribution is 2.19. The molecule has 0 fully saturated rings. The van der Waals surface area contributed by atoms with E-state index in [1.165, 1.54) is 0 Å². The lowest BCUT2D eigenvalue weighted by Gasteiger charge is -2.06. The fraction of sp³-hybridized carbons (Fsp3) is 0.125. The van der Waals surface area contributed by atoms with E-state index >= 15 is 0 Å². The SMILES string of the molecule is C/C(=N\Nc1nnc(C)c(=O)[nH]1)c1cccc2ccccc12. The molecule has 0 aliphatic heterocycles. The van der Waals surface area contributed by atoms with Gasteiger partial charge in [0.1, 0.15) is 5.69 Å². The summed E-state index contributed by atoms with van der Waals surface area (Å²) in [5, 5.41) is 14.1. The van der Waals surface area contributed by atoms with Crippen LogP contribution < -0.4 is 11.0 Å². The lowest BCUT2D eigenvalue weighted by atomic mass is 10.0. The summed E-state index contributed by atoms with van der Waals surface area (Å²) in [5.41, 5.74) is 4.59.